The van der Waals surface area contributed by atoms with Crippen molar-refractivity contribution in [3.05, 3.63) is 59.3 Å². The number of carbonyl (C=O) groups is 1. The van der Waals surface area contributed by atoms with Crippen molar-refractivity contribution in [1.29, 1.82) is 0 Å². The molecule has 3 aromatic heterocycles. The van der Waals surface area contributed by atoms with E-state index in [0.717, 1.165) is 17.8 Å². The fraction of sp³-hybridized carbons (Fsp3) is 0.188. The average molecular weight is 413 g/mol. The summed E-state index contributed by atoms with van der Waals surface area (Å²) in [6.45, 7) is -1.13. The summed E-state index contributed by atoms with van der Waals surface area (Å²) in [5.74, 6) is -1.01. The molecule has 146 valence electrons. The van der Waals surface area contributed by atoms with Gasteiger partial charge in [0.05, 0.1) is 12.1 Å². The largest absolute Gasteiger partial charge is 0.467 e. The van der Waals surface area contributed by atoms with Crippen molar-refractivity contribution >= 4 is 23.5 Å². The Labute approximate surface area is 161 Å². The lowest BCUT2D eigenvalue weighted by Gasteiger charge is -2.10. The standard InChI is InChI=1S/C16H12ClF3N6O2/c17-12-4-11(6-22-14(12)28-8-16(18,19)20)13(27)24-15-23-9-26(25-15)7-10-2-1-3-21-5-10/h1-6,9H,7-8H2,(H,24,25,27). The Morgan fingerprint density at radius 1 is 1.29 bits per heavy atom. The number of hydrogen-bond acceptors (Lipinski definition) is 6. The summed E-state index contributed by atoms with van der Waals surface area (Å²) in [4.78, 5) is 23.8. The SMILES string of the molecule is O=C(Nc1ncn(Cc2cccnc2)n1)c1cnc(OCC(F)(F)F)c(Cl)c1. The number of amides is 1. The molecule has 3 aromatic rings. The molecule has 1 N–H and O–H groups in total. The molecule has 0 aromatic carbocycles. The van der Waals surface area contributed by atoms with E-state index in [1.165, 1.54) is 11.0 Å². The zero-order valence-electron chi connectivity index (χ0n) is 14.0. The molecule has 0 aliphatic carbocycles. The van der Waals surface area contributed by atoms with Gasteiger partial charge in [-0.2, -0.15) is 13.2 Å². The first-order valence-electron chi connectivity index (χ1n) is 7.75. The Kier molecular flexibility index (Phi) is 5.73. The number of nitrogens with zero attached hydrogens (tertiary/aromatic N) is 5. The van der Waals surface area contributed by atoms with E-state index in [1.807, 2.05) is 6.07 Å². The fourth-order valence-electron chi connectivity index (χ4n) is 2.09. The molecule has 0 atom stereocenters. The molecule has 0 unspecified atom stereocenters. The summed E-state index contributed by atoms with van der Waals surface area (Å²) in [6, 6.07) is 4.79. The summed E-state index contributed by atoms with van der Waals surface area (Å²) in [5, 5.41) is 6.33. The van der Waals surface area contributed by atoms with Crippen LogP contribution in [0.4, 0.5) is 19.1 Å². The predicted octanol–water partition coefficient (Wildman–Crippen LogP) is 2.96. The molecule has 0 aliphatic rings. The number of aromatic nitrogens is 5. The number of pyridine rings is 2. The van der Waals surface area contributed by atoms with E-state index in [9.17, 15) is 18.0 Å². The Morgan fingerprint density at radius 3 is 2.79 bits per heavy atom. The molecule has 8 nitrogen and oxygen atoms in total. The van der Waals surface area contributed by atoms with Crippen molar-refractivity contribution in [3.63, 3.8) is 0 Å². The second-order valence-corrected chi connectivity index (χ2v) is 5.90. The van der Waals surface area contributed by atoms with Crippen LogP contribution in [0.3, 0.4) is 0 Å². The number of rotatable bonds is 6. The van der Waals surface area contributed by atoms with Crippen LogP contribution < -0.4 is 10.1 Å². The van der Waals surface area contributed by atoms with Crippen LogP contribution in [-0.2, 0) is 6.54 Å². The van der Waals surface area contributed by atoms with Gasteiger partial charge in [-0.15, -0.1) is 5.10 Å². The maximum atomic E-state index is 12.2. The van der Waals surface area contributed by atoms with Crippen molar-refractivity contribution in [2.45, 2.75) is 12.7 Å². The van der Waals surface area contributed by atoms with Crippen molar-refractivity contribution < 1.29 is 22.7 Å². The lowest BCUT2D eigenvalue weighted by atomic mass is 10.2. The van der Waals surface area contributed by atoms with E-state index in [4.69, 9.17) is 11.6 Å². The fourth-order valence-corrected chi connectivity index (χ4v) is 2.31. The number of hydrogen-bond donors (Lipinski definition) is 1. The topological polar surface area (TPSA) is 94.8 Å². The third kappa shape index (κ3) is 5.39. The highest BCUT2D eigenvalue weighted by molar-refractivity contribution is 6.32. The van der Waals surface area contributed by atoms with Crippen molar-refractivity contribution in [2.75, 3.05) is 11.9 Å². The molecule has 0 aliphatic heterocycles. The zero-order valence-corrected chi connectivity index (χ0v) is 14.8. The van der Waals surface area contributed by atoms with Crippen LogP contribution in [0.2, 0.25) is 5.02 Å². The van der Waals surface area contributed by atoms with Crippen LogP contribution in [0.5, 0.6) is 5.88 Å². The molecule has 1 amide bonds. The first-order valence-corrected chi connectivity index (χ1v) is 8.13. The Balaban J connectivity index is 1.62. The van der Waals surface area contributed by atoms with Gasteiger partial charge in [0.1, 0.15) is 11.3 Å². The summed E-state index contributed by atoms with van der Waals surface area (Å²) < 4.78 is 42.5. The third-order valence-electron chi connectivity index (χ3n) is 3.27. The second-order valence-electron chi connectivity index (χ2n) is 5.50. The molecular formula is C16H12ClF3N6O2. The van der Waals surface area contributed by atoms with Gasteiger partial charge in [0.15, 0.2) is 6.61 Å². The minimum absolute atomic E-state index is 0.00738. The van der Waals surface area contributed by atoms with E-state index < -0.39 is 24.6 Å². The van der Waals surface area contributed by atoms with E-state index >= 15 is 0 Å². The summed E-state index contributed by atoms with van der Waals surface area (Å²) in [5.41, 5.74) is 0.906. The summed E-state index contributed by atoms with van der Waals surface area (Å²) in [7, 11) is 0. The molecule has 0 radical (unpaired) electrons. The second kappa shape index (κ2) is 8.21. The molecular weight excluding hydrogens is 401 g/mol. The average Bonchev–Trinajstić information content (AvgIpc) is 3.07. The monoisotopic (exact) mass is 412 g/mol. The lowest BCUT2D eigenvalue weighted by Crippen LogP contribution is -2.20. The highest BCUT2D eigenvalue weighted by Crippen LogP contribution is 2.25. The minimum Gasteiger partial charge on any atom is -0.467 e. The normalized spacial score (nSPS) is 11.3. The van der Waals surface area contributed by atoms with Gasteiger partial charge < -0.3 is 4.74 Å². The lowest BCUT2D eigenvalue weighted by molar-refractivity contribution is -0.154. The Morgan fingerprint density at radius 2 is 2.11 bits per heavy atom. The van der Waals surface area contributed by atoms with Crippen LogP contribution in [0, 0.1) is 0 Å². The Bertz CT molecular complexity index is 965. The van der Waals surface area contributed by atoms with Crippen LogP contribution in [0.25, 0.3) is 0 Å². The summed E-state index contributed by atoms with van der Waals surface area (Å²) in [6.07, 6.45) is 1.27. The van der Waals surface area contributed by atoms with Crippen LogP contribution >= 0.6 is 11.6 Å². The number of alkyl halides is 3. The van der Waals surface area contributed by atoms with Crippen molar-refractivity contribution in [2.24, 2.45) is 0 Å². The highest BCUT2D eigenvalue weighted by atomic mass is 35.5. The van der Waals surface area contributed by atoms with Gasteiger partial charge in [0.2, 0.25) is 11.8 Å². The molecule has 0 fully saturated rings. The van der Waals surface area contributed by atoms with Crippen LogP contribution in [-0.4, -0.2) is 43.4 Å². The number of halogens is 4. The van der Waals surface area contributed by atoms with Gasteiger partial charge in [-0.05, 0) is 17.7 Å². The first-order chi connectivity index (χ1) is 13.3. The number of ether oxygens (including phenoxy) is 1. The minimum atomic E-state index is -4.53. The molecule has 3 rings (SSSR count). The number of carbonyl (C=O) groups excluding carboxylic acids is 1. The molecule has 0 saturated carbocycles. The van der Waals surface area contributed by atoms with Gasteiger partial charge >= 0.3 is 6.18 Å². The molecule has 28 heavy (non-hydrogen) atoms. The number of anilines is 1. The maximum absolute atomic E-state index is 12.2. The van der Waals surface area contributed by atoms with Gasteiger partial charge in [-0.1, -0.05) is 17.7 Å². The summed E-state index contributed by atoms with van der Waals surface area (Å²) >= 11 is 5.82. The van der Waals surface area contributed by atoms with Gasteiger partial charge in [-0.3, -0.25) is 15.1 Å². The van der Waals surface area contributed by atoms with E-state index in [-0.39, 0.29) is 16.5 Å². The molecule has 3 heterocycles. The van der Waals surface area contributed by atoms with Gasteiger partial charge in [-0.25, -0.2) is 14.6 Å². The molecule has 0 bridgehead atoms. The zero-order chi connectivity index (χ0) is 20.1. The van der Waals surface area contributed by atoms with Crippen molar-refractivity contribution in [1.82, 2.24) is 24.7 Å². The van der Waals surface area contributed by atoms with E-state index in [0.29, 0.717) is 6.54 Å². The molecule has 0 saturated heterocycles. The smallest absolute Gasteiger partial charge is 0.422 e. The van der Waals surface area contributed by atoms with E-state index in [2.05, 4.69) is 30.1 Å². The molecule has 0 spiro atoms. The van der Waals surface area contributed by atoms with E-state index in [1.54, 1.807) is 18.5 Å². The highest BCUT2D eigenvalue weighted by Gasteiger charge is 2.29. The van der Waals surface area contributed by atoms with Gasteiger partial charge in [0.25, 0.3) is 5.91 Å². The quantitative estimate of drug-likeness (QED) is 0.669. The number of nitrogens with one attached hydrogen (secondary N) is 1. The van der Waals surface area contributed by atoms with Crippen LogP contribution in [0.15, 0.2) is 43.1 Å². The predicted molar refractivity (Wildman–Crippen MR) is 92.1 cm³/mol. The third-order valence-corrected chi connectivity index (χ3v) is 3.54. The van der Waals surface area contributed by atoms with Crippen molar-refractivity contribution in [3.8, 4) is 5.88 Å². The van der Waals surface area contributed by atoms with Crippen LogP contribution in [0.1, 0.15) is 15.9 Å². The van der Waals surface area contributed by atoms with Gasteiger partial charge in [0, 0.05) is 18.6 Å². The maximum Gasteiger partial charge on any atom is 0.422 e. The Hall–Kier alpha value is -3.21. The first kappa shape index (κ1) is 19.5. The molecule has 12 heteroatoms.